The summed E-state index contributed by atoms with van der Waals surface area (Å²) in [5.74, 6) is 1.47. The molecule has 1 N–H and O–H groups in total. The molecule has 0 atom stereocenters. The number of amides is 1. The number of nitrogens with one attached hydrogen (secondary N) is 1. The SMILES string of the molecule is COc1ccc(-c2nn(CCC#N)cc2C=C(C#N)C(=O)Nc2ccc(Oc3ccccc3)cc2)cc1. The second-order valence-corrected chi connectivity index (χ2v) is 7.90. The number of hydrogen-bond donors (Lipinski definition) is 1. The van der Waals surface area contributed by atoms with E-state index in [1.165, 1.54) is 6.08 Å². The Kier molecular flexibility index (Phi) is 7.95. The highest BCUT2D eigenvalue weighted by Gasteiger charge is 2.15. The van der Waals surface area contributed by atoms with Crippen LogP contribution in [-0.4, -0.2) is 22.8 Å². The lowest BCUT2D eigenvalue weighted by atomic mass is 10.1. The van der Waals surface area contributed by atoms with Gasteiger partial charge in [-0.15, -0.1) is 0 Å². The van der Waals surface area contributed by atoms with Crippen molar-refractivity contribution in [1.29, 1.82) is 10.5 Å². The van der Waals surface area contributed by atoms with Crippen molar-refractivity contribution in [2.75, 3.05) is 12.4 Å². The van der Waals surface area contributed by atoms with E-state index in [0.717, 1.165) is 5.56 Å². The number of carbonyl (C=O) groups excluding carboxylic acids is 1. The van der Waals surface area contributed by atoms with E-state index in [4.69, 9.17) is 14.7 Å². The molecule has 3 aromatic carbocycles. The number of ether oxygens (including phenoxy) is 2. The first kappa shape index (κ1) is 24.8. The molecule has 0 aliphatic heterocycles. The van der Waals surface area contributed by atoms with Gasteiger partial charge in [0.1, 0.15) is 28.9 Å². The van der Waals surface area contributed by atoms with Crippen LogP contribution < -0.4 is 14.8 Å². The molecule has 0 spiro atoms. The number of para-hydroxylation sites is 1. The second kappa shape index (κ2) is 11.9. The van der Waals surface area contributed by atoms with Crippen LogP contribution in [0.5, 0.6) is 17.2 Å². The van der Waals surface area contributed by atoms with Crippen molar-refractivity contribution in [3.05, 3.63) is 96.2 Å². The summed E-state index contributed by atoms with van der Waals surface area (Å²) >= 11 is 0. The van der Waals surface area contributed by atoms with Crippen molar-refractivity contribution in [2.24, 2.45) is 0 Å². The first-order valence-corrected chi connectivity index (χ1v) is 11.4. The van der Waals surface area contributed by atoms with Gasteiger partial charge in [0.05, 0.1) is 31.8 Å². The number of methoxy groups -OCH3 is 1. The van der Waals surface area contributed by atoms with Crippen molar-refractivity contribution in [2.45, 2.75) is 13.0 Å². The highest BCUT2D eigenvalue weighted by molar-refractivity contribution is 6.10. The van der Waals surface area contributed by atoms with Crippen LogP contribution in [0.2, 0.25) is 0 Å². The summed E-state index contributed by atoms with van der Waals surface area (Å²) in [5, 5.41) is 26.0. The molecule has 8 nitrogen and oxygen atoms in total. The number of hydrogen-bond acceptors (Lipinski definition) is 6. The number of carbonyl (C=O) groups is 1. The quantitative estimate of drug-likeness (QED) is 0.234. The predicted octanol–water partition coefficient (Wildman–Crippen LogP) is 5.81. The Balaban J connectivity index is 1.55. The largest absolute Gasteiger partial charge is 0.497 e. The molecule has 0 aliphatic rings. The monoisotopic (exact) mass is 489 g/mol. The van der Waals surface area contributed by atoms with E-state index in [1.54, 1.807) is 54.4 Å². The zero-order chi connectivity index (χ0) is 26.0. The fourth-order valence-corrected chi connectivity index (χ4v) is 3.53. The van der Waals surface area contributed by atoms with E-state index in [-0.39, 0.29) is 12.0 Å². The first-order valence-electron chi connectivity index (χ1n) is 11.4. The van der Waals surface area contributed by atoms with E-state index in [1.807, 2.05) is 48.5 Å². The van der Waals surface area contributed by atoms with Gasteiger partial charge < -0.3 is 14.8 Å². The van der Waals surface area contributed by atoms with Gasteiger partial charge >= 0.3 is 0 Å². The molecule has 4 aromatic rings. The van der Waals surface area contributed by atoms with E-state index in [2.05, 4.69) is 16.5 Å². The molecular weight excluding hydrogens is 466 g/mol. The molecule has 0 aliphatic carbocycles. The third kappa shape index (κ3) is 6.41. The van der Waals surface area contributed by atoms with Gasteiger partial charge in [0, 0.05) is 23.0 Å². The van der Waals surface area contributed by atoms with Crippen molar-refractivity contribution in [3.63, 3.8) is 0 Å². The summed E-state index contributed by atoms with van der Waals surface area (Å²) in [6, 6.07) is 27.6. The van der Waals surface area contributed by atoms with Crippen LogP contribution in [0, 0.1) is 22.7 Å². The standard InChI is InChI=1S/C29H23N5O3/c1-36-25-12-8-21(9-13-25)28-23(20-34(33-28)17-5-16-30)18-22(19-31)29(35)32-24-10-14-27(15-11-24)37-26-6-3-2-4-7-26/h2-4,6-15,18,20H,5,17H2,1H3,(H,32,35). The molecular formula is C29H23N5O3. The Morgan fingerprint density at radius 2 is 1.65 bits per heavy atom. The Bertz CT molecular complexity index is 1480. The van der Waals surface area contributed by atoms with Gasteiger partial charge in [-0.2, -0.15) is 15.6 Å². The molecule has 1 aromatic heterocycles. The van der Waals surface area contributed by atoms with Gasteiger partial charge in [0.15, 0.2) is 0 Å². The molecule has 37 heavy (non-hydrogen) atoms. The molecule has 1 amide bonds. The van der Waals surface area contributed by atoms with Crippen LogP contribution in [0.25, 0.3) is 17.3 Å². The molecule has 0 bridgehead atoms. The van der Waals surface area contributed by atoms with Crippen molar-refractivity contribution in [1.82, 2.24) is 9.78 Å². The lowest BCUT2D eigenvalue weighted by molar-refractivity contribution is -0.112. The Labute approximate surface area is 214 Å². The van der Waals surface area contributed by atoms with Crippen LogP contribution in [0.1, 0.15) is 12.0 Å². The first-order chi connectivity index (χ1) is 18.1. The van der Waals surface area contributed by atoms with Crippen molar-refractivity contribution < 1.29 is 14.3 Å². The number of rotatable bonds is 9. The average molecular weight is 490 g/mol. The summed E-state index contributed by atoms with van der Waals surface area (Å²) in [6.45, 7) is 0.388. The van der Waals surface area contributed by atoms with Gasteiger partial charge in [-0.05, 0) is 66.7 Å². The van der Waals surface area contributed by atoms with Crippen LogP contribution >= 0.6 is 0 Å². The van der Waals surface area contributed by atoms with E-state index in [0.29, 0.717) is 40.7 Å². The van der Waals surface area contributed by atoms with Gasteiger partial charge in [-0.1, -0.05) is 18.2 Å². The lowest BCUT2D eigenvalue weighted by Gasteiger charge is -2.08. The second-order valence-electron chi connectivity index (χ2n) is 7.90. The van der Waals surface area contributed by atoms with Gasteiger partial charge in [-0.3, -0.25) is 9.48 Å². The molecule has 8 heteroatoms. The predicted molar refractivity (Wildman–Crippen MR) is 140 cm³/mol. The summed E-state index contributed by atoms with van der Waals surface area (Å²) in [6.07, 6.45) is 3.50. The average Bonchev–Trinajstić information content (AvgIpc) is 3.34. The smallest absolute Gasteiger partial charge is 0.266 e. The van der Waals surface area contributed by atoms with E-state index in [9.17, 15) is 10.1 Å². The number of aromatic nitrogens is 2. The van der Waals surface area contributed by atoms with Crippen molar-refractivity contribution in [3.8, 4) is 40.6 Å². The van der Waals surface area contributed by atoms with Crippen LogP contribution in [0.3, 0.4) is 0 Å². The van der Waals surface area contributed by atoms with Crippen LogP contribution in [0.4, 0.5) is 5.69 Å². The maximum atomic E-state index is 12.9. The normalized spacial score (nSPS) is 10.7. The fraction of sp³-hybridized carbons (Fsp3) is 0.103. The molecule has 0 unspecified atom stereocenters. The number of anilines is 1. The summed E-state index contributed by atoms with van der Waals surface area (Å²) in [5.41, 5.74) is 2.39. The maximum Gasteiger partial charge on any atom is 0.266 e. The summed E-state index contributed by atoms with van der Waals surface area (Å²) in [7, 11) is 1.58. The van der Waals surface area contributed by atoms with E-state index >= 15 is 0 Å². The molecule has 1 heterocycles. The Morgan fingerprint density at radius 1 is 0.973 bits per heavy atom. The summed E-state index contributed by atoms with van der Waals surface area (Å²) < 4.78 is 12.6. The molecule has 0 saturated carbocycles. The topological polar surface area (TPSA) is 113 Å². The highest BCUT2D eigenvalue weighted by Crippen LogP contribution is 2.27. The Hall–Kier alpha value is -5.34. The summed E-state index contributed by atoms with van der Waals surface area (Å²) in [4.78, 5) is 12.9. The van der Waals surface area contributed by atoms with Crippen LogP contribution in [-0.2, 0) is 11.3 Å². The number of nitrogens with zero attached hydrogens (tertiary/aromatic N) is 4. The number of nitriles is 2. The lowest BCUT2D eigenvalue weighted by Crippen LogP contribution is -2.13. The molecule has 0 fully saturated rings. The fourth-order valence-electron chi connectivity index (χ4n) is 3.53. The minimum atomic E-state index is -0.551. The molecule has 4 rings (SSSR count). The van der Waals surface area contributed by atoms with E-state index < -0.39 is 5.91 Å². The highest BCUT2D eigenvalue weighted by atomic mass is 16.5. The van der Waals surface area contributed by atoms with Gasteiger partial charge in [0.25, 0.3) is 5.91 Å². The molecule has 0 radical (unpaired) electrons. The zero-order valence-corrected chi connectivity index (χ0v) is 20.1. The van der Waals surface area contributed by atoms with Gasteiger partial charge in [0.2, 0.25) is 0 Å². The third-order valence-corrected chi connectivity index (χ3v) is 5.36. The molecule has 0 saturated heterocycles. The third-order valence-electron chi connectivity index (χ3n) is 5.36. The minimum Gasteiger partial charge on any atom is -0.497 e. The zero-order valence-electron chi connectivity index (χ0n) is 20.1. The van der Waals surface area contributed by atoms with Crippen LogP contribution in [0.15, 0.2) is 90.6 Å². The maximum absolute atomic E-state index is 12.9. The van der Waals surface area contributed by atoms with Gasteiger partial charge in [-0.25, -0.2) is 0 Å². The number of aryl methyl sites for hydroxylation is 1. The Morgan fingerprint density at radius 3 is 2.30 bits per heavy atom. The van der Waals surface area contributed by atoms with Crippen molar-refractivity contribution >= 4 is 17.7 Å². The molecule has 182 valence electrons. The minimum absolute atomic E-state index is 0.0841. The number of benzene rings is 3.